The lowest BCUT2D eigenvalue weighted by Crippen LogP contribution is -2.57. The van der Waals surface area contributed by atoms with Crippen molar-refractivity contribution in [3.63, 3.8) is 0 Å². The molecule has 1 aromatic carbocycles. The zero-order valence-corrected chi connectivity index (χ0v) is 18.8. The van der Waals surface area contributed by atoms with E-state index in [9.17, 15) is 14.0 Å². The van der Waals surface area contributed by atoms with Crippen LogP contribution in [0, 0.1) is 11.7 Å². The second kappa shape index (κ2) is 9.87. The first kappa shape index (κ1) is 22.7. The average molecular weight is 444 g/mol. The number of carbonyl (C=O) groups is 2. The van der Waals surface area contributed by atoms with E-state index in [-0.39, 0.29) is 29.4 Å². The van der Waals surface area contributed by atoms with Crippen LogP contribution in [0.1, 0.15) is 49.1 Å². The summed E-state index contributed by atoms with van der Waals surface area (Å²) < 4.78 is 18.3. The molecule has 6 nitrogen and oxygen atoms in total. The molecular formula is C23H26FN3O3S. The number of hydrogen-bond donors (Lipinski definition) is 1. The fourth-order valence-electron chi connectivity index (χ4n) is 3.02. The molecule has 3 aromatic rings. The summed E-state index contributed by atoms with van der Waals surface area (Å²) in [5.41, 5.74) is 0.727. The van der Waals surface area contributed by atoms with Crippen molar-refractivity contribution in [1.82, 2.24) is 15.4 Å². The number of rotatable bonds is 3. The lowest BCUT2D eigenvalue weighted by atomic mass is 10.1. The Balaban J connectivity index is 0.000000628. The van der Waals surface area contributed by atoms with Gasteiger partial charge in [-0.15, -0.1) is 11.3 Å². The molecular weight excluding hydrogens is 417 g/mol. The highest BCUT2D eigenvalue weighted by Crippen LogP contribution is 2.27. The summed E-state index contributed by atoms with van der Waals surface area (Å²) in [6.07, 6.45) is 0. The Hall–Kier alpha value is -3.00. The molecule has 1 aliphatic heterocycles. The summed E-state index contributed by atoms with van der Waals surface area (Å²) in [7, 11) is 0. The van der Waals surface area contributed by atoms with Gasteiger partial charge >= 0.3 is 0 Å². The van der Waals surface area contributed by atoms with Gasteiger partial charge in [0.1, 0.15) is 11.9 Å². The van der Waals surface area contributed by atoms with E-state index < -0.39 is 6.04 Å². The van der Waals surface area contributed by atoms with Crippen molar-refractivity contribution in [1.29, 1.82) is 0 Å². The van der Waals surface area contributed by atoms with Crippen molar-refractivity contribution in [2.75, 3.05) is 6.54 Å². The average Bonchev–Trinajstić information content (AvgIpc) is 3.42. The lowest BCUT2D eigenvalue weighted by molar-refractivity contribution is -0.128. The van der Waals surface area contributed by atoms with Crippen LogP contribution in [0.4, 0.5) is 4.39 Å². The van der Waals surface area contributed by atoms with Crippen LogP contribution < -0.4 is 5.32 Å². The van der Waals surface area contributed by atoms with Gasteiger partial charge in [-0.1, -0.05) is 32.0 Å². The van der Waals surface area contributed by atoms with Gasteiger partial charge in [0.05, 0.1) is 6.04 Å². The number of nitrogens with one attached hydrogen (secondary N) is 1. The molecule has 1 saturated heterocycles. The molecule has 164 valence electrons. The Labute approximate surface area is 185 Å². The molecule has 1 N–H and O–H groups in total. The van der Waals surface area contributed by atoms with E-state index in [1.54, 1.807) is 19.1 Å². The molecule has 0 spiro atoms. The first-order valence-corrected chi connectivity index (χ1v) is 11.0. The standard InChI is InChI=1S/C19H16FN3O3S.C4H10/c1-11-18(24)21-15(17-3-2-8-27-17)10-23(11)19(25)14-9-16(26-22-14)12-4-6-13(20)7-5-12;1-4(2)3/h2-9,11,15H,10H2,1H3,(H,21,24);4H,1-3H3/t11?,15-;/m0./s1. The molecule has 8 heteroatoms. The minimum Gasteiger partial charge on any atom is -0.355 e. The largest absolute Gasteiger partial charge is 0.355 e. The lowest BCUT2D eigenvalue weighted by Gasteiger charge is -2.37. The SMILES string of the molecule is CC(C)C.CC1C(=O)N[C@H](c2cccs2)CN1C(=O)c1cc(-c2ccc(F)cc2)on1. The van der Waals surface area contributed by atoms with Crippen molar-refractivity contribution in [3.05, 3.63) is 64.2 Å². The van der Waals surface area contributed by atoms with E-state index in [1.807, 2.05) is 17.5 Å². The van der Waals surface area contributed by atoms with Crippen LogP contribution in [-0.4, -0.2) is 34.5 Å². The number of piperazine rings is 1. The second-order valence-electron chi connectivity index (χ2n) is 8.03. The normalized spacial score (nSPS) is 18.4. The summed E-state index contributed by atoms with van der Waals surface area (Å²) in [5, 5.41) is 8.72. The van der Waals surface area contributed by atoms with Crippen LogP contribution in [0.3, 0.4) is 0 Å². The third-order valence-corrected chi connectivity index (χ3v) is 5.53. The maximum Gasteiger partial charge on any atom is 0.276 e. The molecule has 1 fully saturated rings. The monoisotopic (exact) mass is 443 g/mol. The Morgan fingerprint density at radius 1 is 1.26 bits per heavy atom. The molecule has 1 aliphatic rings. The van der Waals surface area contributed by atoms with Crippen LogP contribution in [0.15, 0.2) is 52.4 Å². The smallest absolute Gasteiger partial charge is 0.276 e. The van der Waals surface area contributed by atoms with E-state index in [0.717, 1.165) is 10.8 Å². The van der Waals surface area contributed by atoms with Crippen molar-refractivity contribution >= 4 is 23.2 Å². The summed E-state index contributed by atoms with van der Waals surface area (Å²) in [5.74, 6) is 0.246. The first-order chi connectivity index (χ1) is 14.8. The van der Waals surface area contributed by atoms with Gasteiger partial charge in [0.2, 0.25) is 5.91 Å². The summed E-state index contributed by atoms with van der Waals surface area (Å²) in [6.45, 7) is 8.53. The van der Waals surface area contributed by atoms with E-state index in [2.05, 4.69) is 31.2 Å². The number of carbonyl (C=O) groups excluding carboxylic acids is 2. The van der Waals surface area contributed by atoms with Gasteiger partial charge < -0.3 is 14.7 Å². The Kier molecular flexibility index (Phi) is 7.22. The minimum absolute atomic E-state index is 0.112. The van der Waals surface area contributed by atoms with E-state index in [4.69, 9.17) is 4.52 Å². The molecule has 31 heavy (non-hydrogen) atoms. The number of aromatic nitrogens is 1. The van der Waals surface area contributed by atoms with Crippen LogP contribution in [-0.2, 0) is 4.79 Å². The predicted molar refractivity (Wildman–Crippen MR) is 118 cm³/mol. The zero-order valence-electron chi connectivity index (χ0n) is 18.0. The van der Waals surface area contributed by atoms with Crippen LogP contribution in [0.5, 0.6) is 0 Å². The maximum atomic E-state index is 13.1. The molecule has 2 atom stereocenters. The third kappa shape index (κ3) is 5.58. The maximum absolute atomic E-state index is 13.1. The molecule has 0 aliphatic carbocycles. The Morgan fingerprint density at radius 2 is 1.94 bits per heavy atom. The van der Waals surface area contributed by atoms with Crippen LogP contribution in [0.25, 0.3) is 11.3 Å². The first-order valence-electron chi connectivity index (χ1n) is 10.1. The summed E-state index contributed by atoms with van der Waals surface area (Å²) in [6, 6.07) is 10.2. The number of thiophene rings is 1. The molecule has 4 rings (SSSR count). The number of benzene rings is 1. The number of nitrogens with zero attached hydrogens (tertiary/aromatic N) is 2. The fourth-order valence-corrected chi connectivity index (χ4v) is 3.79. The highest BCUT2D eigenvalue weighted by Gasteiger charge is 2.36. The third-order valence-electron chi connectivity index (χ3n) is 4.55. The van der Waals surface area contributed by atoms with Crippen LogP contribution in [0.2, 0.25) is 0 Å². The second-order valence-corrected chi connectivity index (χ2v) is 9.00. The van der Waals surface area contributed by atoms with Crippen molar-refractivity contribution in [3.8, 4) is 11.3 Å². The number of halogens is 1. The van der Waals surface area contributed by atoms with Crippen molar-refractivity contribution in [2.24, 2.45) is 5.92 Å². The summed E-state index contributed by atoms with van der Waals surface area (Å²) in [4.78, 5) is 27.7. The molecule has 0 bridgehead atoms. The Morgan fingerprint density at radius 3 is 2.55 bits per heavy atom. The minimum atomic E-state index is -0.611. The molecule has 1 unspecified atom stereocenters. The quantitative estimate of drug-likeness (QED) is 0.624. The number of amides is 2. The number of hydrogen-bond acceptors (Lipinski definition) is 5. The van der Waals surface area contributed by atoms with E-state index in [1.165, 1.54) is 34.4 Å². The van der Waals surface area contributed by atoms with E-state index >= 15 is 0 Å². The highest BCUT2D eigenvalue weighted by atomic mass is 32.1. The van der Waals surface area contributed by atoms with Crippen LogP contribution >= 0.6 is 11.3 Å². The molecule has 0 radical (unpaired) electrons. The van der Waals surface area contributed by atoms with E-state index in [0.29, 0.717) is 17.9 Å². The zero-order chi connectivity index (χ0) is 22.5. The molecule has 0 saturated carbocycles. The van der Waals surface area contributed by atoms with Gasteiger partial charge in [-0.25, -0.2) is 4.39 Å². The van der Waals surface area contributed by atoms with Gasteiger partial charge in [0.15, 0.2) is 11.5 Å². The highest BCUT2D eigenvalue weighted by molar-refractivity contribution is 7.10. The van der Waals surface area contributed by atoms with Gasteiger partial charge in [-0.3, -0.25) is 9.59 Å². The molecule has 2 amide bonds. The summed E-state index contributed by atoms with van der Waals surface area (Å²) >= 11 is 1.53. The van der Waals surface area contributed by atoms with Gasteiger partial charge in [0, 0.05) is 23.1 Å². The van der Waals surface area contributed by atoms with Crippen molar-refractivity contribution < 1.29 is 18.5 Å². The topological polar surface area (TPSA) is 75.4 Å². The molecule has 3 heterocycles. The Bertz CT molecular complexity index is 1010. The fraction of sp³-hybridized carbons (Fsp3) is 0.348. The van der Waals surface area contributed by atoms with Gasteiger partial charge in [0.25, 0.3) is 5.91 Å². The predicted octanol–water partition coefficient (Wildman–Crippen LogP) is 4.91. The van der Waals surface area contributed by atoms with Gasteiger partial charge in [-0.2, -0.15) is 0 Å². The van der Waals surface area contributed by atoms with Crippen molar-refractivity contribution in [2.45, 2.75) is 39.8 Å². The van der Waals surface area contributed by atoms with Gasteiger partial charge in [-0.05, 0) is 48.6 Å². The molecule has 2 aromatic heterocycles.